The van der Waals surface area contributed by atoms with Crippen molar-refractivity contribution in [2.45, 2.75) is 25.3 Å². The van der Waals surface area contributed by atoms with E-state index in [1.807, 2.05) is 0 Å². The Kier molecular flexibility index (Phi) is 5.47. The molecule has 1 atom stereocenters. The molecule has 19 heavy (non-hydrogen) atoms. The van der Waals surface area contributed by atoms with Gasteiger partial charge in [-0.3, -0.25) is 0 Å². The van der Waals surface area contributed by atoms with E-state index >= 15 is 0 Å². The molecule has 1 N–H and O–H groups in total. The van der Waals surface area contributed by atoms with Gasteiger partial charge in [0, 0.05) is 11.6 Å². The van der Waals surface area contributed by atoms with E-state index in [1.165, 1.54) is 7.05 Å². The number of nitrogens with one attached hydrogen (secondary N) is 1. The Labute approximate surface area is 108 Å². The van der Waals surface area contributed by atoms with Crippen LogP contribution >= 0.6 is 0 Å². The minimum absolute atomic E-state index is 0.237. The Hall–Kier alpha value is -1.43. The summed E-state index contributed by atoms with van der Waals surface area (Å²) in [4.78, 5) is 0. The van der Waals surface area contributed by atoms with Gasteiger partial charge in [0.15, 0.2) is 23.3 Å². The molecule has 1 aromatic carbocycles. The second-order valence-corrected chi connectivity index (χ2v) is 4.04. The van der Waals surface area contributed by atoms with E-state index in [1.54, 1.807) is 6.08 Å². The van der Waals surface area contributed by atoms with Crippen molar-refractivity contribution in [2.24, 2.45) is 0 Å². The molecule has 0 heterocycles. The third-order valence-electron chi connectivity index (χ3n) is 2.84. The summed E-state index contributed by atoms with van der Waals surface area (Å²) in [6.07, 6.45) is 2.97. The van der Waals surface area contributed by atoms with Gasteiger partial charge in [-0.1, -0.05) is 6.08 Å². The maximum Gasteiger partial charge on any atom is 0.200 e. The highest BCUT2D eigenvalue weighted by molar-refractivity contribution is 5.27. The lowest BCUT2D eigenvalue weighted by molar-refractivity contribution is 0.354. The van der Waals surface area contributed by atoms with Gasteiger partial charge in [-0.05, 0) is 26.3 Å². The molecule has 0 aliphatic carbocycles. The summed E-state index contributed by atoms with van der Waals surface area (Å²) in [5.74, 6) is -9.54. The van der Waals surface area contributed by atoms with Gasteiger partial charge in [-0.25, -0.2) is 22.0 Å². The average molecular weight is 279 g/mol. The second-order valence-electron chi connectivity index (χ2n) is 4.04. The van der Waals surface area contributed by atoms with Crippen LogP contribution in [0, 0.1) is 29.1 Å². The van der Waals surface area contributed by atoms with E-state index in [0.717, 1.165) is 0 Å². The zero-order valence-corrected chi connectivity index (χ0v) is 10.4. The van der Waals surface area contributed by atoms with Gasteiger partial charge < -0.3 is 5.32 Å². The molecule has 0 amide bonds. The molecule has 0 aliphatic heterocycles. The fraction of sp³-hybridized carbons (Fsp3) is 0.385. The normalized spacial score (nSPS) is 12.5. The van der Waals surface area contributed by atoms with Crippen molar-refractivity contribution < 1.29 is 22.0 Å². The number of rotatable bonds is 6. The second kappa shape index (κ2) is 6.65. The Morgan fingerprint density at radius 1 is 1.00 bits per heavy atom. The van der Waals surface area contributed by atoms with E-state index in [0.29, 0.717) is 12.8 Å². The molecule has 6 heteroatoms. The van der Waals surface area contributed by atoms with Gasteiger partial charge in [-0.2, -0.15) is 0 Å². The maximum atomic E-state index is 13.6. The standard InChI is InChI=1S/C13H14F5N/c1-3-4-5-6-7(19-2)8-9(14)11(16)13(18)12(17)10(8)15/h3,7,19H,1,4-6H2,2H3. The van der Waals surface area contributed by atoms with Crippen LogP contribution in [0.4, 0.5) is 22.0 Å². The van der Waals surface area contributed by atoms with Crippen molar-refractivity contribution >= 4 is 0 Å². The Morgan fingerprint density at radius 3 is 1.89 bits per heavy atom. The summed E-state index contributed by atoms with van der Waals surface area (Å²) < 4.78 is 66.2. The minimum Gasteiger partial charge on any atom is -0.313 e. The van der Waals surface area contributed by atoms with Crippen molar-refractivity contribution in [1.82, 2.24) is 5.32 Å². The molecule has 1 aromatic rings. The van der Waals surface area contributed by atoms with Gasteiger partial charge in [0.25, 0.3) is 0 Å². The highest BCUT2D eigenvalue weighted by atomic mass is 19.2. The molecule has 1 unspecified atom stereocenters. The lowest BCUT2D eigenvalue weighted by Gasteiger charge is -2.18. The third-order valence-corrected chi connectivity index (χ3v) is 2.84. The summed E-state index contributed by atoms with van der Waals surface area (Å²) in [6, 6.07) is -0.940. The highest BCUT2D eigenvalue weighted by Crippen LogP contribution is 2.30. The summed E-state index contributed by atoms with van der Waals surface area (Å²) in [7, 11) is 1.40. The quantitative estimate of drug-likeness (QED) is 0.273. The van der Waals surface area contributed by atoms with Crippen LogP contribution in [0.25, 0.3) is 0 Å². The smallest absolute Gasteiger partial charge is 0.200 e. The van der Waals surface area contributed by atoms with Gasteiger partial charge in [0.2, 0.25) is 5.82 Å². The fourth-order valence-corrected chi connectivity index (χ4v) is 1.83. The van der Waals surface area contributed by atoms with E-state index in [-0.39, 0.29) is 6.42 Å². The van der Waals surface area contributed by atoms with Crippen LogP contribution in [0.1, 0.15) is 30.9 Å². The first kappa shape index (κ1) is 15.6. The van der Waals surface area contributed by atoms with Crippen molar-refractivity contribution in [3.63, 3.8) is 0 Å². The molecule has 0 bridgehead atoms. The lowest BCUT2D eigenvalue weighted by Crippen LogP contribution is -2.21. The number of hydrogen-bond acceptors (Lipinski definition) is 1. The number of benzene rings is 1. The third kappa shape index (κ3) is 3.12. The first-order chi connectivity index (χ1) is 8.95. The maximum absolute atomic E-state index is 13.6. The summed E-state index contributed by atoms with van der Waals surface area (Å²) in [6.45, 7) is 3.49. The largest absolute Gasteiger partial charge is 0.313 e. The molecule has 0 spiro atoms. The van der Waals surface area contributed by atoms with Crippen molar-refractivity contribution in [3.8, 4) is 0 Å². The summed E-state index contributed by atoms with van der Waals surface area (Å²) in [5, 5.41) is 2.56. The molecule has 0 fully saturated rings. The van der Waals surface area contributed by atoms with Crippen molar-refractivity contribution in [2.75, 3.05) is 7.05 Å². The van der Waals surface area contributed by atoms with E-state index in [2.05, 4.69) is 11.9 Å². The van der Waals surface area contributed by atoms with Crippen LogP contribution in [-0.2, 0) is 0 Å². The molecule has 0 radical (unpaired) electrons. The molecular formula is C13H14F5N. The van der Waals surface area contributed by atoms with Gasteiger partial charge in [0.05, 0.1) is 0 Å². The average Bonchev–Trinajstić information content (AvgIpc) is 2.41. The fourth-order valence-electron chi connectivity index (χ4n) is 1.83. The van der Waals surface area contributed by atoms with Crippen LogP contribution in [-0.4, -0.2) is 7.05 Å². The SMILES string of the molecule is C=CCCCC(NC)c1c(F)c(F)c(F)c(F)c1F. The van der Waals surface area contributed by atoms with Gasteiger partial charge >= 0.3 is 0 Å². The topological polar surface area (TPSA) is 12.0 Å². The first-order valence-corrected chi connectivity index (χ1v) is 5.75. The molecule has 1 nitrogen and oxygen atoms in total. The van der Waals surface area contributed by atoms with Crippen LogP contribution < -0.4 is 5.32 Å². The Balaban J connectivity index is 3.20. The minimum atomic E-state index is -2.14. The van der Waals surface area contributed by atoms with E-state index in [4.69, 9.17) is 0 Å². The van der Waals surface area contributed by atoms with Crippen LogP contribution in [0.3, 0.4) is 0 Å². The molecule has 0 aliphatic rings. The van der Waals surface area contributed by atoms with Crippen molar-refractivity contribution in [1.29, 1.82) is 0 Å². The molecule has 1 rings (SSSR count). The molecule has 0 saturated heterocycles. The lowest BCUT2D eigenvalue weighted by atomic mass is 9.99. The van der Waals surface area contributed by atoms with Gasteiger partial charge in [0.1, 0.15) is 0 Å². The highest BCUT2D eigenvalue weighted by Gasteiger charge is 2.29. The first-order valence-electron chi connectivity index (χ1n) is 5.75. The predicted molar refractivity (Wildman–Crippen MR) is 62.1 cm³/mol. The van der Waals surface area contributed by atoms with Crippen LogP contribution in [0.5, 0.6) is 0 Å². The molecule has 106 valence electrons. The predicted octanol–water partition coefficient (Wildman–Crippen LogP) is 4.00. The zero-order chi connectivity index (χ0) is 14.6. The number of halogens is 5. The van der Waals surface area contributed by atoms with Crippen molar-refractivity contribution in [3.05, 3.63) is 47.3 Å². The zero-order valence-electron chi connectivity index (χ0n) is 10.4. The number of hydrogen-bond donors (Lipinski definition) is 1. The van der Waals surface area contributed by atoms with Gasteiger partial charge in [-0.15, -0.1) is 6.58 Å². The van der Waals surface area contributed by atoms with Crippen LogP contribution in [0.2, 0.25) is 0 Å². The molecular weight excluding hydrogens is 265 g/mol. The summed E-state index contributed by atoms with van der Waals surface area (Å²) >= 11 is 0. The van der Waals surface area contributed by atoms with E-state index < -0.39 is 40.7 Å². The summed E-state index contributed by atoms with van der Waals surface area (Å²) in [5.41, 5.74) is -0.817. The van der Waals surface area contributed by atoms with E-state index in [9.17, 15) is 22.0 Å². The number of unbranched alkanes of at least 4 members (excludes halogenated alkanes) is 1. The Bertz CT molecular complexity index is 444. The molecule has 0 aromatic heterocycles. The van der Waals surface area contributed by atoms with Crippen LogP contribution in [0.15, 0.2) is 12.7 Å². The molecule has 0 saturated carbocycles. The Morgan fingerprint density at radius 2 is 1.47 bits per heavy atom. The number of allylic oxidation sites excluding steroid dienone is 1. The monoisotopic (exact) mass is 279 g/mol.